The van der Waals surface area contributed by atoms with Crippen LogP contribution in [-0.2, 0) is 14.3 Å². The Bertz CT molecular complexity index is 302. The van der Waals surface area contributed by atoms with Crippen LogP contribution in [-0.4, -0.2) is 23.1 Å². The number of esters is 1. The van der Waals surface area contributed by atoms with Gasteiger partial charge in [0.1, 0.15) is 0 Å². The summed E-state index contributed by atoms with van der Waals surface area (Å²) < 4.78 is 4.63. The van der Waals surface area contributed by atoms with Crippen LogP contribution in [0, 0.1) is 0 Å². The lowest BCUT2D eigenvalue weighted by molar-refractivity contribution is -0.162. The lowest BCUT2D eigenvalue weighted by Crippen LogP contribution is -2.26. The van der Waals surface area contributed by atoms with Gasteiger partial charge in [0.2, 0.25) is 6.10 Å². The van der Waals surface area contributed by atoms with Crippen molar-refractivity contribution in [3.8, 4) is 0 Å². The maximum absolute atomic E-state index is 10.7. The minimum atomic E-state index is -1.18. The molecular formula is C11H14O4. The first-order valence-electron chi connectivity index (χ1n) is 4.35. The number of carboxylic acids is 1. The molecule has 0 saturated carbocycles. The molecule has 0 fully saturated rings. The van der Waals surface area contributed by atoms with Crippen molar-refractivity contribution in [2.75, 3.05) is 0 Å². The van der Waals surface area contributed by atoms with E-state index in [0.717, 1.165) is 0 Å². The van der Waals surface area contributed by atoms with Crippen LogP contribution in [0.25, 0.3) is 0 Å². The zero-order valence-electron chi connectivity index (χ0n) is 8.60. The zero-order valence-corrected chi connectivity index (χ0v) is 8.60. The van der Waals surface area contributed by atoms with Crippen molar-refractivity contribution in [2.24, 2.45) is 0 Å². The Morgan fingerprint density at radius 2 is 2.07 bits per heavy atom. The second-order valence-corrected chi connectivity index (χ2v) is 2.82. The molecule has 1 atom stereocenters. The predicted molar refractivity (Wildman–Crippen MR) is 56.3 cm³/mol. The van der Waals surface area contributed by atoms with E-state index in [0.29, 0.717) is 5.57 Å². The SMILES string of the molecule is C=C/C=C(\C=C)CC(OC(C)=O)C(=O)O. The van der Waals surface area contributed by atoms with Crippen molar-refractivity contribution >= 4 is 11.9 Å². The molecule has 4 heteroatoms. The van der Waals surface area contributed by atoms with Crippen LogP contribution < -0.4 is 0 Å². The van der Waals surface area contributed by atoms with Crippen LogP contribution >= 0.6 is 0 Å². The van der Waals surface area contributed by atoms with Crippen LogP contribution in [0.1, 0.15) is 13.3 Å². The second kappa shape index (κ2) is 6.59. The number of rotatable bonds is 6. The van der Waals surface area contributed by atoms with Gasteiger partial charge < -0.3 is 9.84 Å². The molecule has 82 valence electrons. The molecule has 0 aromatic rings. The summed E-state index contributed by atoms with van der Waals surface area (Å²) >= 11 is 0. The molecule has 4 nitrogen and oxygen atoms in total. The smallest absolute Gasteiger partial charge is 0.345 e. The van der Waals surface area contributed by atoms with Gasteiger partial charge in [-0.1, -0.05) is 31.4 Å². The van der Waals surface area contributed by atoms with E-state index in [2.05, 4.69) is 17.9 Å². The molecule has 0 heterocycles. The Balaban J connectivity index is 4.58. The van der Waals surface area contributed by atoms with E-state index in [9.17, 15) is 9.59 Å². The number of carboxylic acid groups (broad SMARTS) is 1. The number of allylic oxidation sites excluding steroid dienone is 3. The number of carbonyl (C=O) groups excluding carboxylic acids is 1. The van der Waals surface area contributed by atoms with Crippen molar-refractivity contribution in [2.45, 2.75) is 19.4 Å². The maximum Gasteiger partial charge on any atom is 0.345 e. The van der Waals surface area contributed by atoms with E-state index >= 15 is 0 Å². The van der Waals surface area contributed by atoms with Crippen LogP contribution in [0.4, 0.5) is 0 Å². The van der Waals surface area contributed by atoms with Gasteiger partial charge >= 0.3 is 11.9 Å². The highest BCUT2D eigenvalue weighted by Crippen LogP contribution is 2.10. The number of hydrogen-bond acceptors (Lipinski definition) is 3. The summed E-state index contributed by atoms with van der Waals surface area (Å²) in [7, 11) is 0. The molecule has 0 aliphatic rings. The zero-order chi connectivity index (χ0) is 11.8. The topological polar surface area (TPSA) is 63.6 Å². The normalized spacial score (nSPS) is 12.7. The molecule has 1 N–H and O–H groups in total. The third kappa shape index (κ3) is 5.46. The van der Waals surface area contributed by atoms with Crippen molar-refractivity contribution in [1.29, 1.82) is 0 Å². The van der Waals surface area contributed by atoms with E-state index in [1.807, 2.05) is 0 Å². The number of carbonyl (C=O) groups is 2. The molecule has 0 saturated heterocycles. The number of aliphatic carboxylic acids is 1. The molecular weight excluding hydrogens is 196 g/mol. The molecule has 0 aliphatic carbocycles. The van der Waals surface area contributed by atoms with E-state index < -0.39 is 18.0 Å². The Morgan fingerprint density at radius 3 is 2.40 bits per heavy atom. The van der Waals surface area contributed by atoms with Gasteiger partial charge in [-0.05, 0) is 5.57 Å². The monoisotopic (exact) mass is 210 g/mol. The van der Waals surface area contributed by atoms with Crippen molar-refractivity contribution in [3.63, 3.8) is 0 Å². The summed E-state index contributed by atoms with van der Waals surface area (Å²) in [5.41, 5.74) is 0.652. The first kappa shape index (κ1) is 13.2. The standard InChI is InChI=1S/C11H14O4/c1-4-6-9(5-2)7-10(11(13)14)15-8(3)12/h4-6,10H,1-2,7H2,3H3,(H,13,14)/b9-6+. The Kier molecular flexibility index (Phi) is 5.78. The van der Waals surface area contributed by atoms with Crippen molar-refractivity contribution < 1.29 is 19.4 Å². The van der Waals surface area contributed by atoms with Gasteiger partial charge in [0.15, 0.2) is 0 Å². The highest BCUT2D eigenvalue weighted by molar-refractivity contribution is 5.77. The average Bonchev–Trinajstić information content (AvgIpc) is 2.14. The van der Waals surface area contributed by atoms with Gasteiger partial charge in [-0.15, -0.1) is 0 Å². The van der Waals surface area contributed by atoms with Gasteiger partial charge in [-0.3, -0.25) is 4.79 Å². The molecule has 0 radical (unpaired) electrons. The Labute approximate surface area is 88.6 Å². The molecule has 0 aliphatic heterocycles. The van der Waals surface area contributed by atoms with Crippen molar-refractivity contribution in [3.05, 3.63) is 37.0 Å². The molecule has 0 aromatic carbocycles. The minimum absolute atomic E-state index is 0.0877. The largest absolute Gasteiger partial charge is 0.478 e. The highest BCUT2D eigenvalue weighted by Gasteiger charge is 2.20. The van der Waals surface area contributed by atoms with Gasteiger partial charge in [0.25, 0.3) is 0 Å². The van der Waals surface area contributed by atoms with Crippen LogP contribution in [0.5, 0.6) is 0 Å². The first-order chi connectivity index (χ1) is 7.01. The third-order valence-electron chi connectivity index (χ3n) is 1.60. The molecule has 0 bridgehead atoms. The number of hydrogen-bond donors (Lipinski definition) is 1. The predicted octanol–water partition coefficient (Wildman–Crippen LogP) is 1.69. The van der Waals surface area contributed by atoms with Gasteiger partial charge in [0.05, 0.1) is 0 Å². The Morgan fingerprint density at radius 1 is 1.47 bits per heavy atom. The van der Waals surface area contributed by atoms with Crippen LogP contribution in [0.3, 0.4) is 0 Å². The summed E-state index contributed by atoms with van der Waals surface area (Å²) in [5.74, 6) is -1.80. The molecule has 0 spiro atoms. The van der Waals surface area contributed by atoms with Crippen LogP contribution in [0.2, 0.25) is 0 Å². The van der Waals surface area contributed by atoms with E-state index in [1.165, 1.54) is 19.1 Å². The third-order valence-corrected chi connectivity index (χ3v) is 1.60. The summed E-state index contributed by atoms with van der Waals surface area (Å²) in [6, 6.07) is 0. The molecule has 15 heavy (non-hydrogen) atoms. The lowest BCUT2D eigenvalue weighted by atomic mass is 10.1. The molecule has 0 aromatic heterocycles. The van der Waals surface area contributed by atoms with E-state index in [1.54, 1.807) is 6.08 Å². The fourth-order valence-corrected chi connectivity index (χ4v) is 0.965. The van der Waals surface area contributed by atoms with Gasteiger partial charge in [-0.2, -0.15) is 0 Å². The van der Waals surface area contributed by atoms with Crippen LogP contribution in [0.15, 0.2) is 37.0 Å². The Hall–Kier alpha value is -1.84. The van der Waals surface area contributed by atoms with E-state index in [-0.39, 0.29) is 6.42 Å². The minimum Gasteiger partial charge on any atom is -0.478 e. The van der Waals surface area contributed by atoms with E-state index in [4.69, 9.17) is 5.11 Å². The molecule has 0 rings (SSSR count). The fraction of sp³-hybridized carbons (Fsp3) is 0.273. The highest BCUT2D eigenvalue weighted by atomic mass is 16.6. The summed E-state index contributed by atoms with van der Waals surface area (Å²) in [4.78, 5) is 21.4. The van der Waals surface area contributed by atoms with Gasteiger partial charge in [-0.25, -0.2) is 4.79 Å². The molecule has 0 amide bonds. The quantitative estimate of drug-likeness (QED) is 0.535. The fourth-order valence-electron chi connectivity index (χ4n) is 0.965. The molecule has 1 unspecified atom stereocenters. The maximum atomic E-state index is 10.7. The summed E-state index contributed by atoms with van der Waals surface area (Å²) in [6.45, 7) is 8.17. The average molecular weight is 210 g/mol. The second-order valence-electron chi connectivity index (χ2n) is 2.82. The lowest BCUT2D eigenvalue weighted by Gasteiger charge is -2.12. The first-order valence-corrected chi connectivity index (χ1v) is 4.35. The van der Waals surface area contributed by atoms with Crippen molar-refractivity contribution in [1.82, 2.24) is 0 Å². The summed E-state index contributed by atoms with van der Waals surface area (Å²) in [5, 5.41) is 8.77. The summed E-state index contributed by atoms with van der Waals surface area (Å²) in [6.07, 6.45) is 3.55. The number of ether oxygens (including phenoxy) is 1. The van der Waals surface area contributed by atoms with Gasteiger partial charge in [0, 0.05) is 13.3 Å².